The Kier molecular flexibility index (Phi) is 3.88. The van der Waals surface area contributed by atoms with E-state index >= 15 is 0 Å². The summed E-state index contributed by atoms with van der Waals surface area (Å²) in [6.07, 6.45) is 9.43. The van der Waals surface area contributed by atoms with Gasteiger partial charge in [0.05, 0.1) is 6.61 Å². The summed E-state index contributed by atoms with van der Waals surface area (Å²) in [5, 5.41) is -0.367. The second kappa shape index (κ2) is 5.20. The van der Waals surface area contributed by atoms with Crippen molar-refractivity contribution in [3.63, 3.8) is 0 Å². The summed E-state index contributed by atoms with van der Waals surface area (Å²) >= 11 is 0.851. The Labute approximate surface area is 119 Å². The fraction of sp³-hybridized carbons (Fsp3) is 1.00. The van der Waals surface area contributed by atoms with Gasteiger partial charge in [-0.15, -0.1) is 0 Å². The van der Waals surface area contributed by atoms with Gasteiger partial charge >= 0.3 is 0 Å². The van der Waals surface area contributed by atoms with Gasteiger partial charge in [0.25, 0.3) is 10.1 Å². The van der Waals surface area contributed by atoms with Gasteiger partial charge in [0.2, 0.25) is 0 Å². The van der Waals surface area contributed by atoms with Gasteiger partial charge in [-0.2, -0.15) is 8.42 Å². The lowest BCUT2D eigenvalue weighted by Gasteiger charge is -2.57. The first-order chi connectivity index (χ1) is 8.94. The largest absolute Gasteiger partial charge is 0.314 e. The van der Waals surface area contributed by atoms with Crippen molar-refractivity contribution < 1.29 is 17.2 Å². The van der Waals surface area contributed by atoms with E-state index in [0.717, 1.165) is 36.2 Å². The molecular weight excluding hydrogens is 284 g/mol. The van der Waals surface area contributed by atoms with E-state index in [1.807, 2.05) is 0 Å². The van der Waals surface area contributed by atoms with Gasteiger partial charge in [0.15, 0.2) is 0 Å². The Morgan fingerprint density at radius 1 is 1.11 bits per heavy atom. The monoisotopic (exact) mass is 306 g/mol. The molecule has 110 valence electrons. The standard InChI is InChI=1S/C13H22O4S2/c14-19(15,16)9-18-17-2-1-13-6-10-3-11(7-13)5-12(4-10)8-13/h10-12H,1-9H2,(H,14,15,16). The molecule has 0 aliphatic heterocycles. The molecule has 0 spiro atoms. The Hall–Kier alpha value is 0.220. The van der Waals surface area contributed by atoms with Gasteiger partial charge < -0.3 is 4.18 Å². The Balaban J connectivity index is 1.45. The average Bonchev–Trinajstić information content (AvgIpc) is 2.24. The quantitative estimate of drug-likeness (QED) is 0.464. The molecule has 4 bridgehead atoms. The second-order valence-corrected chi connectivity index (χ2v) is 9.39. The smallest absolute Gasteiger partial charge is 0.276 e. The van der Waals surface area contributed by atoms with E-state index in [2.05, 4.69) is 0 Å². The van der Waals surface area contributed by atoms with Crippen LogP contribution in [0, 0.1) is 23.2 Å². The van der Waals surface area contributed by atoms with Gasteiger partial charge in [-0.05, 0) is 68.1 Å². The summed E-state index contributed by atoms with van der Waals surface area (Å²) in [7, 11) is -3.91. The molecule has 4 rings (SSSR count). The number of rotatable bonds is 6. The molecule has 4 aliphatic rings. The molecule has 0 unspecified atom stereocenters. The summed E-state index contributed by atoms with van der Waals surface area (Å²) in [5.41, 5.74) is 0.480. The highest BCUT2D eigenvalue weighted by Crippen LogP contribution is 2.61. The van der Waals surface area contributed by atoms with E-state index in [1.165, 1.54) is 38.5 Å². The highest BCUT2D eigenvalue weighted by atomic mass is 32.3. The summed E-state index contributed by atoms with van der Waals surface area (Å²) < 4.78 is 35.1. The molecule has 0 aromatic carbocycles. The lowest BCUT2D eigenvalue weighted by molar-refractivity contribution is -0.0615. The van der Waals surface area contributed by atoms with Gasteiger partial charge in [-0.1, -0.05) is 0 Å². The maximum Gasteiger partial charge on any atom is 0.276 e. The minimum absolute atomic E-state index is 0.367. The first kappa shape index (κ1) is 14.2. The van der Waals surface area contributed by atoms with Crippen molar-refractivity contribution in [1.82, 2.24) is 0 Å². The highest BCUT2D eigenvalue weighted by Gasteiger charge is 2.50. The molecule has 1 N–H and O–H groups in total. The van der Waals surface area contributed by atoms with E-state index in [1.54, 1.807) is 0 Å². The topological polar surface area (TPSA) is 63.6 Å². The van der Waals surface area contributed by atoms with Crippen LogP contribution in [0.15, 0.2) is 0 Å². The molecule has 4 aliphatic carbocycles. The normalized spacial score (nSPS) is 40.8. The lowest BCUT2D eigenvalue weighted by Crippen LogP contribution is -2.46. The molecule has 0 radical (unpaired) electrons. The van der Waals surface area contributed by atoms with Crippen LogP contribution in [0.2, 0.25) is 0 Å². The molecule has 0 amide bonds. The van der Waals surface area contributed by atoms with Crippen molar-refractivity contribution >= 4 is 22.2 Å². The van der Waals surface area contributed by atoms with Crippen LogP contribution in [0.4, 0.5) is 0 Å². The predicted octanol–water partition coefficient (Wildman–Crippen LogP) is 3.10. The summed E-state index contributed by atoms with van der Waals surface area (Å²) in [5.74, 6) is 2.82. The van der Waals surface area contributed by atoms with Crippen molar-refractivity contribution in [2.24, 2.45) is 23.2 Å². The highest BCUT2D eigenvalue weighted by molar-refractivity contribution is 8.07. The minimum Gasteiger partial charge on any atom is -0.314 e. The number of hydrogen-bond donors (Lipinski definition) is 1. The van der Waals surface area contributed by atoms with Crippen LogP contribution in [0.25, 0.3) is 0 Å². The first-order valence-electron chi connectivity index (χ1n) is 7.14. The lowest BCUT2D eigenvalue weighted by atomic mass is 9.49. The van der Waals surface area contributed by atoms with E-state index < -0.39 is 10.1 Å². The second-order valence-electron chi connectivity index (χ2n) is 6.81. The molecule has 0 aromatic heterocycles. The first-order valence-corrected chi connectivity index (χ1v) is 9.66. The van der Waals surface area contributed by atoms with Crippen LogP contribution in [-0.2, 0) is 14.3 Å². The minimum atomic E-state index is -3.91. The third kappa shape index (κ3) is 3.46. The zero-order valence-corrected chi connectivity index (χ0v) is 12.7. The average molecular weight is 306 g/mol. The van der Waals surface area contributed by atoms with Crippen molar-refractivity contribution in [3.05, 3.63) is 0 Å². The molecule has 0 heterocycles. The van der Waals surface area contributed by atoms with E-state index in [0.29, 0.717) is 12.0 Å². The third-order valence-electron chi connectivity index (χ3n) is 5.16. The summed E-state index contributed by atoms with van der Waals surface area (Å²) in [4.78, 5) is 0. The van der Waals surface area contributed by atoms with Gasteiger partial charge in [0, 0.05) is 12.0 Å². The summed E-state index contributed by atoms with van der Waals surface area (Å²) in [6.45, 7) is 0.604. The molecule has 0 atom stereocenters. The number of hydrogen-bond acceptors (Lipinski definition) is 4. The maximum absolute atomic E-state index is 10.6. The molecule has 6 heteroatoms. The Bertz CT molecular complexity index is 397. The molecule has 0 aromatic rings. The molecule has 4 fully saturated rings. The maximum atomic E-state index is 10.6. The van der Waals surface area contributed by atoms with Gasteiger partial charge in [-0.25, -0.2) is 0 Å². The summed E-state index contributed by atoms with van der Waals surface area (Å²) in [6, 6.07) is 0. The Morgan fingerprint density at radius 2 is 1.63 bits per heavy atom. The van der Waals surface area contributed by atoms with Crippen molar-refractivity contribution in [2.75, 3.05) is 11.7 Å². The molecule has 0 saturated heterocycles. The van der Waals surface area contributed by atoms with E-state index in [9.17, 15) is 8.42 Å². The van der Waals surface area contributed by atoms with Crippen LogP contribution in [-0.4, -0.2) is 24.7 Å². The van der Waals surface area contributed by atoms with Crippen LogP contribution in [0.5, 0.6) is 0 Å². The Morgan fingerprint density at radius 3 is 2.11 bits per heavy atom. The predicted molar refractivity (Wildman–Crippen MR) is 75.2 cm³/mol. The van der Waals surface area contributed by atoms with Crippen LogP contribution in [0.1, 0.15) is 44.9 Å². The SMILES string of the molecule is O=S(=O)(O)CSOCCC12CC3CC(CC(C3)C1)C2. The van der Waals surface area contributed by atoms with Gasteiger partial charge in [0.1, 0.15) is 5.08 Å². The van der Waals surface area contributed by atoms with Gasteiger partial charge in [-0.3, -0.25) is 4.55 Å². The van der Waals surface area contributed by atoms with Crippen molar-refractivity contribution in [1.29, 1.82) is 0 Å². The fourth-order valence-corrected chi connectivity index (χ4v) is 5.97. The van der Waals surface area contributed by atoms with E-state index in [-0.39, 0.29) is 5.08 Å². The fourth-order valence-electron chi connectivity index (χ4n) is 5.01. The molecule has 19 heavy (non-hydrogen) atoms. The zero-order valence-electron chi connectivity index (χ0n) is 11.1. The van der Waals surface area contributed by atoms with Crippen molar-refractivity contribution in [2.45, 2.75) is 44.9 Å². The van der Waals surface area contributed by atoms with Crippen LogP contribution < -0.4 is 0 Å². The molecule has 4 nitrogen and oxygen atoms in total. The van der Waals surface area contributed by atoms with Crippen LogP contribution >= 0.6 is 12.0 Å². The molecular formula is C13H22O4S2. The zero-order chi connectivity index (χ0) is 13.5. The third-order valence-corrected chi connectivity index (χ3v) is 7.07. The van der Waals surface area contributed by atoms with E-state index in [4.69, 9.17) is 8.74 Å². The van der Waals surface area contributed by atoms with Crippen LogP contribution in [0.3, 0.4) is 0 Å². The molecule has 4 saturated carbocycles. The van der Waals surface area contributed by atoms with Crippen molar-refractivity contribution in [3.8, 4) is 0 Å².